The Balaban J connectivity index is 2.23. The average Bonchev–Trinajstić information content (AvgIpc) is 2.32. The summed E-state index contributed by atoms with van der Waals surface area (Å²) in [6, 6.07) is 12.6. The van der Waals surface area contributed by atoms with E-state index in [-0.39, 0.29) is 0 Å². The number of rotatable bonds is 4. The maximum atomic E-state index is 5.98. The quantitative estimate of drug-likeness (QED) is 0.887. The van der Waals surface area contributed by atoms with Gasteiger partial charge in [0.1, 0.15) is 11.5 Å². The Hall–Kier alpha value is -1.80. The summed E-state index contributed by atoms with van der Waals surface area (Å²) in [6.07, 6.45) is 0. The predicted molar refractivity (Wildman–Crippen MR) is 79.9 cm³/mol. The molecule has 0 aliphatic carbocycles. The van der Waals surface area contributed by atoms with Gasteiger partial charge < -0.3 is 10.1 Å². The van der Waals surface area contributed by atoms with Gasteiger partial charge in [0.2, 0.25) is 0 Å². The highest BCUT2D eigenvalue weighted by Gasteiger charge is 2.04. The van der Waals surface area contributed by atoms with Crippen molar-refractivity contribution in [1.29, 1.82) is 0 Å². The van der Waals surface area contributed by atoms with Crippen LogP contribution in [0.5, 0.6) is 11.5 Å². The molecule has 0 saturated carbocycles. The van der Waals surface area contributed by atoms with Crippen LogP contribution in [-0.4, -0.2) is 7.05 Å². The average molecular weight is 255 g/mol. The summed E-state index contributed by atoms with van der Waals surface area (Å²) >= 11 is 0. The summed E-state index contributed by atoms with van der Waals surface area (Å²) in [6.45, 7) is 7.13. The maximum absolute atomic E-state index is 5.98. The van der Waals surface area contributed by atoms with E-state index in [1.54, 1.807) is 0 Å². The van der Waals surface area contributed by atoms with E-state index in [4.69, 9.17) is 4.74 Å². The van der Waals surface area contributed by atoms with Gasteiger partial charge in [-0.15, -0.1) is 0 Å². The molecule has 100 valence electrons. The Morgan fingerprint density at radius 1 is 0.947 bits per heavy atom. The molecule has 1 N–H and O–H groups in total. The molecule has 0 radical (unpaired) electrons. The highest BCUT2D eigenvalue weighted by atomic mass is 16.5. The molecule has 0 aliphatic rings. The highest BCUT2D eigenvalue weighted by molar-refractivity contribution is 5.41. The molecule has 0 heterocycles. The molecule has 0 spiro atoms. The lowest BCUT2D eigenvalue weighted by molar-refractivity contribution is 0.478. The van der Waals surface area contributed by atoms with Crippen molar-refractivity contribution < 1.29 is 4.74 Å². The third-order valence-electron chi connectivity index (χ3n) is 3.04. The third-order valence-corrected chi connectivity index (χ3v) is 3.04. The van der Waals surface area contributed by atoms with Gasteiger partial charge in [0.15, 0.2) is 0 Å². The van der Waals surface area contributed by atoms with Crippen molar-refractivity contribution in [3.63, 3.8) is 0 Å². The van der Waals surface area contributed by atoms with E-state index in [2.05, 4.69) is 56.4 Å². The van der Waals surface area contributed by atoms with Crippen LogP contribution in [-0.2, 0) is 6.54 Å². The van der Waals surface area contributed by atoms with Gasteiger partial charge in [0.25, 0.3) is 0 Å². The first-order valence-electron chi connectivity index (χ1n) is 6.59. The number of ether oxygens (including phenoxy) is 1. The summed E-state index contributed by atoms with van der Waals surface area (Å²) in [5, 5.41) is 3.15. The van der Waals surface area contributed by atoms with Crippen LogP contribution in [0.15, 0.2) is 36.4 Å². The van der Waals surface area contributed by atoms with Crippen molar-refractivity contribution in [2.24, 2.45) is 0 Å². The molecule has 2 rings (SSSR count). The van der Waals surface area contributed by atoms with Gasteiger partial charge in [0, 0.05) is 6.54 Å². The molecule has 0 aliphatic heterocycles. The van der Waals surface area contributed by atoms with Crippen molar-refractivity contribution in [3.05, 3.63) is 58.7 Å². The first-order chi connectivity index (χ1) is 9.08. The number of aryl methyl sites for hydroxylation is 3. The molecule has 2 nitrogen and oxygen atoms in total. The Morgan fingerprint density at radius 3 is 2.21 bits per heavy atom. The molecule has 2 aromatic rings. The van der Waals surface area contributed by atoms with E-state index in [9.17, 15) is 0 Å². The topological polar surface area (TPSA) is 21.3 Å². The van der Waals surface area contributed by atoms with Crippen LogP contribution in [0, 0.1) is 20.8 Å². The van der Waals surface area contributed by atoms with Gasteiger partial charge >= 0.3 is 0 Å². The van der Waals surface area contributed by atoms with E-state index in [1.165, 1.54) is 16.7 Å². The standard InChI is InChI=1S/C17H21NO/c1-12-7-13(2)9-16(8-12)19-17-6-5-15(11-18-4)10-14(17)3/h5-10,18H,11H2,1-4H3. The molecule has 0 unspecified atom stereocenters. The molecular weight excluding hydrogens is 234 g/mol. The zero-order valence-electron chi connectivity index (χ0n) is 12.1. The molecule has 0 fully saturated rings. The fraction of sp³-hybridized carbons (Fsp3) is 0.294. The molecule has 2 aromatic carbocycles. The second kappa shape index (κ2) is 5.89. The second-order valence-corrected chi connectivity index (χ2v) is 5.06. The van der Waals surface area contributed by atoms with Crippen molar-refractivity contribution in [2.75, 3.05) is 7.05 Å². The smallest absolute Gasteiger partial charge is 0.130 e. The van der Waals surface area contributed by atoms with E-state index in [1.807, 2.05) is 13.1 Å². The Morgan fingerprint density at radius 2 is 1.63 bits per heavy atom. The monoisotopic (exact) mass is 255 g/mol. The predicted octanol–water partition coefficient (Wildman–Crippen LogP) is 4.12. The van der Waals surface area contributed by atoms with Crippen LogP contribution >= 0.6 is 0 Å². The fourth-order valence-corrected chi connectivity index (χ4v) is 2.26. The summed E-state index contributed by atoms with van der Waals surface area (Å²) in [5.74, 6) is 1.83. The minimum atomic E-state index is 0.880. The Bertz CT molecular complexity index is 555. The van der Waals surface area contributed by atoms with Gasteiger partial charge in [-0.05, 0) is 68.3 Å². The molecule has 19 heavy (non-hydrogen) atoms. The van der Waals surface area contributed by atoms with Gasteiger partial charge in [-0.25, -0.2) is 0 Å². The summed E-state index contributed by atoms with van der Waals surface area (Å²) in [5.41, 5.74) is 4.87. The van der Waals surface area contributed by atoms with Crippen molar-refractivity contribution >= 4 is 0 Å². The molecule has 2 heteroatoms. The highest BCUT2D eigenvalue weighted by Crippen LogP contribution is 2.27. The summed E-state index contributed by atoms with van der Waals surface area (Å²) in [4.78, 5) is 0. The number of hydrogen-bond acceptors (Lipinski definition) is 2. The Kier molecular flexibility index (Phi) is 4.23. The molecule has 0 bridgehead atoms. The number of nitrogens with one attached hydrogen (secondary N) is 1. The van der Waals surface area contributed by atoms with Crippen LogP contribution < -0.4 is 10.1 Å². The molecule has 0 aromatic heterocycles. The lowest BCUT2D eigenvalue weighted by atomic mass is 10.1. The largest absolute Gasteiger partial charge is 0.457 e. The first kappa shape index (κ1) is 13.6. The van der Waals surface area contributed by atoms with Crippen LogP contribution in [0.4, 0.5) is 0 Å². The van der Waals surface area contributed by atoms with Crippen LogP contribution in [0.25, 0.3) is 0 Å². The van der Waals surface area contributed by atoms with Gasteiger partial charge in [0.05, 0.1) is 0 Å². The third kappa shape index (κ3) is 3.58. The van der Waals surface area contributed by atoms with E-state index >= 15 is 0 Å². The van der Waals surface area contributed by atoms with Crippen LogP contribution in [0.1, 0.15) is 22.3 Å². The lowest BCUT2D eigenvalue weighted by Crippen LogP contribution is -2.05. The van der Waals surface area contributed by atoms with Crippen molar-refractivity contribution in [2.45, 2.75) is 27.3 Å². The molecule has 0 saturated heterocycles. The van der Waals surface area contributed by atoms with E-state index in [0.29, 0.717) is 0 Å². The Labute approximate surface area is 115 Å². The zero-order chi connectivity index (χ0) is 13.8. The lowest BCUT2D eigenvalue weighted by Gasteiger charge is -2.11. The maximum Gasteiger partial charge on any atom is 0.130 e. The number of benzene rings is 2. The van der Waals surface area contributed by atoms with Crippen LogP contribution in [0.3, 0.4) is 0 Å². The second-order valence-electron chi connectivity index (χ2n) is 5.06. The molecular formula is C17H21NO. The minimum absolute atomic E-state index is 0.880. The van der Waals surface area contributed by atoms with Gasteiger partial charge in [-0.2, -0.15) is 0 Å². The van der Waals surface area contributed by atoms with Gasteiger partial charge in [-0.3, -0.25) is 0 Å². The number of hydrogen-bond donors (Lipinski definition) is 1. The van der Waals surface area contributed by atoms with Crippen molar-refractivity contribution in [3.8, 4) is 11.5 Å². The van der Waals surface area contributed by atoms with E-state index < -0.39 is 0 Å². The first-order valence-corrected chi connectivity index (χ1v) is 6.59. The fourth-order valence-electron chi connectivity index (χ4n) is 2.26. The van der Waals surface area contributed by atoms with Gasteiger partial charge in [-0.1, -0.05) is 18.2 Å². The summed E-state index contributed by atoms with van der Waals surface area (Å²) < 4.78 is 5.98. The molecule has 0 atom stereocenters. The normalized spacial score (nSPS) is 10.5. The van der Waals surface area contributed by atoms with E-state index in [0.717, 1.165) is 23.6 Å². The van der Waals surface area contributed by atoms with Crippen LogP contribution in [0.2, 0.25) is 0 Å². The van der Waals surface area contributed by atoms with Crippen molar-refractivity contribution in [1.82, 2.24) is 5.32 Å². The molecule has 0 amide bonds. The summed E-state index contributed by atoms with van der Waals surface area (Å²) in [7, 11) is 1.95. The zero-order valence-corrected chi connectivity index (χ0v) is 12.1. The minimum Gasteiger partial charge on any atom is -0.457 e. The SMILES string of the molecule is CNCc1ccc(Oc2cc(C)cc(C)c2)c(C)c1.